The van der Waals surface area contributed by atoms with Crippen molar-refractivity contribution in [1.29, 1.82) is 0 Å². The molecule has 0 radical (unpaired) electrons. The van der Waals surface area contributed by atoms with E-state index < -0.39 is 0 Å². The maximum Gasteiger partial charge on any atom is 0.123 e. The Kier molecular flexibility index (Phi) is 4.61. The SMILES string of the molecule is CSc1ccc(C(C)Nc2ccc(C)c(O)c2C)cc1. The molecule has 0 heterocycles. The minimum absolute atomic E-state index is 0.201. The van der Waals surface area contributed by atoms with Crippen molar-refractivity contribution in [3.05, 3.63) is 53.1 Å². The monoisotopic (exact) mass is 287 g/mol. The quantitative estimate of drug-likeness (QED) is 0.784. The number of aromatic hydroxyl groups is 1. The zero-order valence-electron chi connectivity index (χ0n) is 12.4. The van der Waals surface area contributed by atoms with Gasteiger partial charge in [0.05, 0.1) is 0 Å². The van der Waals surface area contributed by atoms with Gasteiger partial charge in [-0.05, 0) is 56.4 Å². The first-order valence-corrected chi connectivity index (χ1v) is 7.95. The Morgan fingerprint density at radius 2 is 1.70 bits per heavy atom. The molecule has 0 aromatic heterocycles. The lowest BCUT2D eigenvalue weighted by Gasteiger charge is -2.19. The zero-order valence-corrected chi connectivity index (χ0v) is 13.2. The van der Waals surface area contributed by atoms with Crippen LogP contribution in [0.3, 0.4) is 0 Å². The van der Waals surface area contributed by atoms with Crippen LogP contribution in [0.2, 0.25) is 0 Å². The summed E-state index contributed by atoms with van der Waals surface area (Å²) in [7, 11) is 0. The highest BCUT2D eigenvalue weighted by Gasteiger charge is 2.10. The van der Waals surface area contributed by atoms with Gasteiger partial charge in [0.15, 0.2) is 0 Å². The van der Waals surface area contributed by atoms with E-state index in [0.29, 0.717) is 5.75 Å². The van der Waals surface area contributed by atoms with Crippen LogP contribution < -0.4 is 5.32 Å². The number of phenols is 1. The predicted molar refractivity (Wildman–Crippen MR) is 87.8 cm³/mol. The highest BCUT2D eigenvalue weighted by Crippen LogP contribution is 2.30. The highest BCUT2D eigenvalue weighted by molar-refractivity contribution is 7.98. The lowest BCUT2D eigenvalue weighted by Crippen LogP contribution is -2.07. The Balaban J connectivity index is 2.18. The molecule has 0 bridgehead atoms. The minimum Gasteiger partial charge on any atom is -0.507 e. The van der Waals surface area contributed by atoms with Crippen molar-refractivity contribution in [2.24, 2.45) is 0 Å². The van der Waals surface area contributed by atoms with E-state index in [-0.39, 0.29) is 6.04 Å². The van der Waals surface area contributed by atoms with Crippen molar-refractivity contribution in [3.63, 3.8) is 0 Å². The van der Waals surface area contributed by atoms with Crippen molar-refractivity contribution in [3.8, 4) is 5.75 Å². The van der Waals surface area contributed by atoms with Crippen molar-refractivity contribution in [2.75, 3.05) is 11.6 Å². The van der Waals surface area contributed by atoms with E-state index in [1.165, 1.54) is 10.5 Å². The molecule has 2 aromatic carbocycles. The molecule has 3 heteroatoms. The smallest absolute Gasteiger partial charge is 0.123 e. The molecule has 1 atom stereocenters. The molecule has 0 amide bonds. The number of phenolic OH excluding ortho intramolecular Hbond substituents is 1. The van der Waals surface area contributed by atoms with Crippen LogP contribution in [-0.2, 0) is 0 Å². The third-order valence-corrected chi connectivity index (χ3v) is 4.36. The van der Waals surface area contributed by atoms with Gasteiger partial charge in [-0.2, -0.15) is 0 Å². The first-order valence-electron chi connectivity index (χ1n) is 6.72. The molecule has 2 aromatic rings. The first-order chi connectivity index (χ1) is 9.52. The van der Waals surface area contributed by atoms with E-state index in [0.717, 1.165) is 16.8 Å². The van der Waals surface area contributed by atoms with E-state index in [1.807, 2.05) is 26.0 Å². The Hall–Kier alpha value is -1.61. The van der Waals surface area contributed by atoms with E-state index in [1.54, 1.807) is 11.8 Å². The molecule has 20 heavy (non-hydrogen) atoms. The van der Waals surface area contributed by atoms with E-state index >= 15 is 0 Å². The molecule has 2 rings (SSSR count). The van der Waals surface area contributed by atoms with Crippen LogP contribution in [-0.4, -0.2) is 11.4 Å². The Labute approximate surface area is 125 Å². The summed E-state index contributed by atoms with van der Waals surface area (Å²) < 4.78 is 0. The van der Waals surface area contributed by atoms with E-state index in [2.05, 4.69) is 42.8 Å². The second kappa shape index (κ2) is 6.23. The van der Waals surface area contributed by atoms with E-state index in [4.69, 9.17) is 0 Å². The fourth-order valence-corrected chi connectivity index (χ4v) is 2.61. The van der Waals surface area contributed by atoms with Crippen molar-refractivity contribution in [2.45, 2.75) is 31.7 Å². The number of hydrogen-bond donors (Lipinski definition) is 2. The van der Waals surface area contributed by atoms with Crippen LogP contribution in [0.15, 0.2) is 41.3 Å². The molecular weight excluding hydrogens is 266 g/mol. The maximum atomic E-state index is 10.00. The van der Waals surface area contributed by atoms with Crippen LogP contribution in [0.4, 0.5) is 5.69 Å². The molecule has 0 spiro atoms. The Morgan fingerprint density at radius 1 is 1.05 bits per heavy atom. The summed E-state index contributed by atoms with van der Waals surface area (Å²) in [6, 6.07) is 12.7. The zero-order chi connectivity index (χ0) is 14.7. The number of nitrogens with one attached hydrogen (secondary N) is 1. The van der Waals surface area contributed by atoms with Crippen LogP contribution >= 0.6 is 11.8 Å². The van der Waals surface area contributed by atoms with Gasteiger partial charge < -0.3 is 10.4 Å². The Morgan fingerprint density at radius 3 is 2.30 bits per heavy atom. The second-order valence-corrected chi connectivity index (χ2v) is 5.92. The van der Waals surface area contributed by atoms with Gasteiger partial charge in [-0.3, -0.25) is 0 Å². The normalized spacial score (nSPS) is 12.2. The lowest BCUT2D eigenvalue weighted by molar-refractivity contribution is 0.467. The third kappa shape index (κ3) is 3.10. The van der Waals surface area contributed by atoms with Crippen LogP contribution in [0.5, 0.6) is 5.75 Å². The lowest BCUT2D eigenvalue weighted by atomic mass is 10.1. The standard InChI is InChI=1S/C17H21NOS/c1-11-5-10-16(12(2)17(11)19)18-13(3)14-6-8-15(20-4)9-7-14/h5-10,13,18-19H,1-4H3. The number of aryl methyl sites for hydroxylation is 1. The topological polar surface area (TPSA) is 32.3 Å². The highest BCUT2D eigenvalue weighted by atomic mass is 32.2. The summed E-state index contributed by atoms with van der Waals surface area (Å²) in [5.41, 5.74) is 4.03. The molecule has 0 saturated carbocycles. The van der Waals surface area contributed by atoms with Gasteiger partial charge in [-0.1, -0.05) is 18.2 Å². The fourth-order valence-electron chi connectivity index (χ4n) is 2.20. The minimum atomic E-state index is 0.201. The largest absolute Gasteiger partial charge is 0.507 e. The summed E-state index contributed by atoms with van der Waals surface area (Å²) >= 11 is 1.75. The first kappa shape index (κ1) is 14.8. The number of rotatable bonds is 4. The van der Waals surface area contributed by atoms with Crippen LogP contribution in [0, 0.1) is 13.8 Å². The van der Waals surface area contributed by atoms with Crippen molar-refractivity contribution >= 4 is 17.4 Å². The average Bonchev–Trinajstić information content (AvgIpc) is 2.48. The molecule has 2 N–H and O–H groups in total. The summed E-state index contributed by atoms with van der Waals surface area (Å²) in [6.07, 6.45) is 2.08. The molecule has 0 fully saturated rings. The van der Waals surface area contributed by atoms with Gasteiger partial charge in [0.2, 0.25) is 0 Å². The fraction of sp³-hybridized carbons (Fsp3) is 0.294. The number of benzene rings is 2. The molecular formula is C17H21NOS. The molecule has 2 nitrogen and oxygen atoms in total. The molecule has 106 valence electrons. The van der Waals surface area contributed by atoms with Gasteiger partial charge in [0.25, 0.3) is 0 Å². The molecule has 1 unspecified atom stereocenters. The van der Waals surface area contributed by atoms with Gasteiger partial charge in [-0.15, -0.1) is 11.8 Å². The maximum absolute atomic E-state index is 10.00. The average molecular weight is 287 g/mol. The van der Waals surface area contributed by atoms with E-state index in [9.17, 15) is 5.11 Å². The summed E-state index contributed by atoms with van der Waals surface area (Å²) in [5, 5.41) is 13.5. The van der Waals surface area contributed by atoms with Crippen LogP contribution in [0.25, 0.3) is 0 Å². The van der Waals surface area contributed by atoms with Crippen molar-refractivity contribution < 1.29 is 5.11 Å². The van der Waals surface area contributed by atoms with Gasteiger partial charge in [0.1, 0.15) is 5.75 Å². The summed E-state index contributed by atoms with van der Waals surface area (Å²) in [6.45, 7) is 5.98. The third-order valence-electron chi connectivity index (χ3n) is 3.62. The molecule has 0 aliphatic rings. The molecule has 0 saturated heterocycles. The molecule has 0 aliphatic carbocycles. The summed E-state index contributed by atoms with van der Waals surface area (Å²) in [4.78, 5) is 1.27. The van der Waals surface area contributed by atoms with Gasteiger partial charge >= 0.3 is 0 Å². The predicted octanol–water partition coefficient (Wildman–Crippen LogP) is 4.90. The van der Waals surface area contributed by atoms with Crippen molar-refractivity contribution in [1.82, 2.24) is 0 Å². The second-order valence-electron chi connectivity index (χ2n) is 5.04. The summed E-state index contributed by atoms with van der Waals surface area (Å²) in [5.74, 6) is 0.375. The number of thioether (sulfide) groups is 1. The molecule has 0 aliphatic heterocycles. The Bertz CT molecular complexity index is 593. The number of anilines is 1. The van der Waals surface area contributed by atoms with Gasteiger partial charge in [-0.25, -0.2) is 0 Å². The van der Waals surface area contributed by atoms with Crippen LogP contribution in [0.1, 0.15) is 29.7 Å². The van der Waals surface area contributed by atoms with Gasteiger partial charge in [0, 0.05) is 22.2 Å². The number of hydrogen-bond acceptors (Lipinski definition) is 3.